The minimum atomic E-state index is -0.502. The van der Waals surface area contributed by atoms with Crippen molar-refractivity contribution >= 4 is 28.2 Å². The van der Waals surface area contributed by atoms with E-state index in [-0.39, 0.29) is 24.3 Å². The van der Waals surface area contributed by atoms with E-state index in [0.29, 0.717) is 16.3 Å². The average molecular weight is 296 g/mol. The van der Waals surface area contributed by atoms with Crippen molar-refractivity contribution < 1.29 is 14.7 Å². The smallest absolute Gasteiger partial charge is 0.261 e. The summed E-state index contributed by atoms with van der Waals surface area (Å²) in [5, 5.41) is 15.8. The Morgan fingerprint density at radius 3 is 2.85 bits per heavy atom. The highest BCUT2D eigenvalue weighted by Gasteiger charge is 2.29. The van der Waals surface area contributed by atoms with Crippen LogP contribution in [0.5, 0.6) is 0 Å². The lowest BCUT2D eigenvalue weighted by atomic mass is 10.2. The maximum atomic E-state index is 11.9. The number of amides is 2. The lowest BCUT2D eigenvalue weighted by Gasteiger charge is -2.09. The highest BCUT2D eigenvalue weighted by atomic mass is 32.1. The molecule has 1 aromatic rings. The van der Waals surface area contributed by atoms with Crippen molar-refractivity contribution in [2.75, 3.05) is 11.9 Å². The highest BCUT2D eigenvalue weighted by molar-refractivity contribution is 7.18. The zero-order valence-electron chi connectivity index (χ0n) is 11.5. The Bertz CT molecular complexity index is 483. The molecule has 20 heavy (non-hydrogen) atoms. The third kappa shape index (κ3) is 4.31. The molecule has 0 radical (unpaired) electrons. The molecule has 2 rings (SSSR count). The lowest BCUT2D eigenvalue weighted by molar-refractivity contribution is -0.117. The second-order valence-corrected chi connectivity index (χ2v) is 6.16. The van der Waals surface area contributed by atoms with Crippen LogP contribution in [0, 0.1) is 5.92 Å². The van der Waals surface area contributed by atoms with Crippen LogP contribution < -0.4 is 10.6 Å². The normalized spacial score (nSPS) is 15.7. The van der Waals surface area contributed by atoms with E-state index in [4.69, 9.17) is 0 Å². The van der Waals surface area contributed by atoms with Gasteiger partial charge < -0.3 is 15.7 Å². The Kier molecular flexibility index (Phi) is 5.14. The molecule has 3 N–H and O–H groups in total. The van der Waals surface area contributed by atoms with Crippen LogP contribution in [0.2, 0.25) is 0 Å². The number of carbonyl (C=O) groups is 2. The summed E-state index contributed by atoms with van der Waals surface area (Å²) in [6.45, 7) is 2.24. The fourth-order valence-corrected chi connectivity index (χ4v) is 2.65. The van der Waals surface area contributed by atoms with E-state index in [2.05, 4.69) is 10.6 Å². The zero-order valence-corrected chi connectivity index (χ0v) is 12.3. The fraction of sp³-hybridized carbons (Fsp3) is 0.571. The summed E-state index contributed by atoms with van der Waals surface area (Å²) in [6, 6.07) is 3.43. The molecule has 1 saturated carbocycles. The van der Waals surface area contributed by atoms with Crippen molar-refractivity contribution in [1.29, 1.82) is 0 Å². The molecule has 1 aromatic heterocycles. The largest absolute Gasteiger partial charge is 0.391 e. The van der Waals surface area contributed by atoms with E-state index in [1.54, 1.807) is 12.1 Å². The maximum absolute atomic E-state index is 11.9. The van der Waals surface area contributed by atoms with Crippen LogP contribution in [-0.2, 0) is 4.79 Å². The van der Waals surface area contributed by atoms with E-state index in [1.807, 2.05) is 6.92 Å². The molecule has 0 saturated heterocycles. The van der Waals surface area contributed by atoms with Gasteiger partial charge in [-0.25, -0.2) is 0 Å². The minimum absolute atomic E-state index is 0.0391. The van der Waals surface area contributed by atoms with E-state index in [9.17, 15) is 14.7 Å². The van der Waals surface area contributed by atoms with Gasteiger partial charge >= 0.3 is 0 Å². The van der Waals surface area contributed by atoms with Crippen molar-refractivity contribution in [3.05, 3.63) is 17.0 Å². The lowest BCUT2D eigenvalue weighted by Crippen LogP contribution is -2.31. The van der Waals surface area contributed by atoms with Gasteiger partial charge in [0.25, 0.3) is 5.91 Å². The number of aliphatic hydroxyl groups excluding tert-OH is 1. The predicted octanol–water partition coefficient (Wildman–Crippen LogP) is 1.99. The van der Waals surface area contributed by atoms with E-state index in [0.717, 1.165) is 19.3 Å². The van der Waals surface area contributed by atoms with Crippen molar-refractivity contribution in [3.63, 3.8) is 0 Å². The summed E-state index contributed by atoms with van der Waals surface area (Å²) < 4.78 is 0. The van der Waals surface area contributed by atoms with Crippen LogP contribution in [-0.4, -0.2) is 29.6 Å². The van der Waals surface area contributed by atoms with E-state index in [1.165, 1.54) is 11.3 Å². The summed E-state index contributed by atoms with van der Waals surface area (Å²) in [5.74, 6) is -0.0205. The zero-order chi connectivity index (χ0) is 14.5. The number of carbonyl (C=O) groups excluding carboxylic acids is 2. The molecule has 1 unspecified atom stereocenters. The Hall–Kier alpha value is -1.40. The maximum Gasteiger partial charge on any atom is 0.261 e. The summed E-state index contributed by atoms with van der Waals surface area (Å²) >= 11 is 1.25. The molecular formula is C14H20N2O3S. The van der Waals surface area contributed by atoms with Gasteiger partial charge in [0, 0.05) is 12.5 Å². The number of thiophene rings is 1. The fourth-order valence-electron chi connectivity index (χ4n) is 1.83. The van der Waals surface area contributed by atoms with Gasteiger partial charge in [-0.3, -0.25) is 9.59 Å². The number of rotatable bonds is 7. The SMILES string of the molecule is CCCC(O)CNC(=O)c1ccc(NC(=O)C2CC2)s1. The molecule has 1 fully saturated rings. The molecular weight excluding hydrogens is 276 g/mol. The standard InChI is InChI=1S/C14H20N2O3S/c1-2-3-10(17)8-15-14(19)11-6-7-12(20-11)16-13(18)9-4-5-9/h6-7,9-10,17H,2-5,8H2,1H3,(H,15,19)(H,16,18). The van der Waals surface area contributed by atoms with Gasteiger partial charge in [0.15, 0.2) is 0 Å². The monoisotopic (exact) mass is 296 g/mol. The molecule has 1 aliphatic carbocycles. The molecule has 0 bridgehead atoms. The second kappa shape index (κ2) is 6.85. The summed E-state index contributed by atoms with van der Waals surface area (Å²) in [5.41, 5.74) is 0. The first-order valence-electron chi connectivity index (χ1n) is 6.97. The van der Waals surface area contributed by atoms with E-state index < -0.39 is 6.10 Å². The summed E-state index contributed by atoms with van der Waals surface area (Å²) in [4.78, 5) is 24.0. The first-order valence-corrected chi connectivity index (χ1v) is 7.78. The Labute approximate surface area is 122 Å². The molecule has 110 valence electrons. The Balaban J connectivity index is 1.81. The van der Waals surface area contributed by atoms with Crippen molar-refractivity contribution in [2.24, 2.45) is 5.92 Å². The molecule has 0 aliphatic heterocycles. The number of hydrogen-bond donors (Lipinski definition) is 3. The molecule has 0 aromatic carbocycles. The quantitative estimate of drug-likeness (QED) is 0.720. The van der Waals surface area contributed by atoms with Crippen molar-refractivity contribution in [3.8, 4) is 0 Å². The van der Waals surface area contributed by atoms with Gasteiger partial charge in [0.1, 0.15) is 0 Å². The Morgan fingerprint density at radius 2 is 2.20 bits per heavy atom. The molecule has 1 aliphatic rings. The van der Waals surface area contributed by atoms with Gasteiger partial charge in [-0.1, -0.05) is 13.3 Å². The van der Waals surface area contributed by atoms with Crippen LogP contribution in [0.25, 0.3) is 0 Å². The van der Waals surface area contributed by atoms with Crippen molar-refractivity contribution in [2.45, 2.75) is 38.7 Å². The van der Waals surface area contributed by atoms with Crippen LogP contribution >= 0.6 is 11.3 Å². The molecule has 1 atom stereocenters. The molecule has 0 spiro atoms. The second-order valence-electron chi connectivity index (χ2n) is 5.08. The molecule has 2 amide bonds. The van der Waals surface area contributed by atoms with Gasteiger partial charge in [0.2, 0.25) is 5.91 Å². The highest BCUT2D eigenvalue weighted by Crippen LogP contribution is 2.31. The van der Waals surface area contributed by atoms with Crippen LogP contribution in [0.15, 0.2) is 12.1 Å². The first kappa shape index (κ1) is 15.0. The van der Waals surface area contributed by atoms with Gasteiger partial charge in [0.05, 0.1) is 16.0 Å². The van der Waals surface area contributed by atoms with Crippen molar-refractivity contribution in [1.82, 2.24) is 5.32 Å². The molecule has 6 heteroatoms. The molecule has 1 heterocycles. The van der Waals surface area contributed by atoms with Gasteiger partial charge in [-0.15, -0.1) is 11.3 Å². The van der Waals surface area contributed by atoms with Crippen LogP contribution in [0.4, 0.5) is 5.00 Å². The van der Waals surface area contributed by atoms with Crippen LogP contribution in [0.1, 0.15) is 42.3 Å². The topological polar surface area (TPSA) is 78.4 Å². The third-order valence-corrected chi connectivity index (χ3v) is 4.14. The first-order chi connectivity index (χ1) is 9.60. The number of hydrogen-bond acceptors (Lipinski definition) is 4. The minimum Gasteiger partial charge on any atom is -0.391 e. The van der Waals surface area contributed by atoms with E-state index >= 15 is 0 Å². The Morgan fingerprint density at radius 1 is 1.45 bits per heavy atom. The summed E-state index contributed by atoms with van der Waals surface area (Å²) in [6.07, 6.45) is 2.97. The summed E-state index contributed by atoms with van der Waals surface area (Å²) in [7, 11) is 0. The average Bonchev–Trinajstić information content (AvgIpc) is 3.17. The number of anilines is 1. The van der Waals surface area contributed by atoms with Crippen LogP contribution in [0.3, 0.4) is 0 Å². The predicted molar refractivity (Wildman–Crippen MR) is 78.9 cm³/mol. The van der Waals surface area contributed by atoms with Gasteiger partial charge in [-0.05, 0) is 31.4 Å². The molecule has 5 nitrogen and oxygen atoms in total. The number of nitrogens with one attached hydrogen (secondary N) is 2. The van der Waals surface area contributed by atoms with Gasteiger partial charge in [-0.2, -0.15) is 0 Å². The third-order valence-electron chi connectivity index (χ3n) is 3.14. The number of aliphatic hydroxyl groups is 1.